The number of nitrogens with one attached hydrogen (secondary N) is 1. The summed E-state index contributed by atoms with van der Waals surface area (Å²) in [5, 5.41) is 12.4. The fraction of sp³-hybridized carbons (Fsp3) is 0.333. The summed E-state index contributed by atoms with van der Waals surface area (Å²) in [5.41, 5.74) is 2.29. The number of anilines is 2. The molecule has 166 valence electrons. The van der Waals surface area contributed by atoms with Gasteiger partial charge in [-0.1, -0.05) is 36.9 Å². The van der Waals surface area contributed by atoms with Gasteiger partial charge in [0.2, 0.25) is 11.9 Å². The van der Waals surface area contributed by atoms with E-state index >= 15 is 0 Å². The van der Waals surface area contributed by atoms with Crippen molar-refractivity contribution in [2.24, 2.45) is 0 Å². The number of amides is 1. The molecule has 1 aromatic heterocycles. The van der Waals surface area contributed by atoms with Gasteiger partial charge in [0, 0.05) is 30.8 Å². The van der Waals surface area contributed by atoms with Crippen LogP contribution in [0.15, 0.2) is 59.8 Å². The molecule has 2 aromatic carbocycles. The van der Waals surface area contributed by atoms with E-state index in [-0.39, 0.29) is 17.4 Å². The Kier molecular flexibility index (Phi) is 7.21. The van der Waals surface area contributed by atoms with E-state index in [1.165, 1.54) is 18.2 Å². The second-order valence-corrected chi connectivity index (χ2v) is 8.63. The average Bonchev–Trinajstić information content (AvgIpc) is 3.28. The maximum Gasteiger partial charge on any atom is 0.232 e. The van der Waals surface area contributed by atoms with Crippen molar-refractivity contribution in [3.63, 3.8) is 0 Å². The van der Waals surface area contributed by atoms with Gasteiger partial charge in [-0.15, -0.1) is 10.2 Å². The molecule has 7 nitrogen and oxygen atoms in total. The molecule has 1 saturated heterocycles. The van der Waals surface area contributed by atoms with E-state index in [9.17, 15) is 9.59 Å². The highest BCUT2D eigenvalue weighted by molar-refractivity contribution is 7.99. The fourth-order valence-electron chi connectivity index (χ4n) is 3.66. The Hall–Kier alpha value is -3.13. The van der Waals surface area contributed by atoms with Crippen LogP contribution in [0.4, 0.5) is 11.6 Å². The average molecular weight is 450 g/mol. The minimum Gasteiger partial charge on any atom is -0.341 e. The Balaban J connectivity index is 1.50. The van der Waals surface area contributed by atoms with Crippen LogP contribution in [0.3, 0.4) is 0 Å². The summed E-state index contributed by atoms with van der Waals surface area (Å²) in [5.74, 6) is 1.04. The Labute approximate surface area is 192 Å². The Bertz CT molecular complexity index is 1060. The number of piperidine rings is 1. The lowest BCUT2D eigenvalue weighted by molar-refractivity contribution is -0.115. The van der Waals surface area contributed by atoms with Gasteiger partial charge in [-0.25, -0.2) is 0 Å². The standard InChI is InChI=1S/C24H27N5O2S/c1-2-22(31)25-19-13-11-18(12-14-19)21(30)17-32-24-27-26-23(28-15-7-4-8-16-28)29(24)20-9-5-3-6-10-20/h3,5-6,9-14H,2,4,7-8,15-17H2,1H3,(H,25,31). The molecule has 0 spiro atoms. The molecule has 0 saturated carbocycles. The lowest BCUT2D eigenvalue weighted by Gasteiger charge is -2.27. The van der Waals surface area contributed by atoms with Crippen LogP contribution in [-0.4, -0.2) is 45.3 Å². The molecule has 1 aliphatic heterocycles. The lowest BCUT2D eigenvalue weighted by Crippen LogP contribution is -2.31. The van der Waals surface area contributed by atoms with Crippen molar-refractivity contribution in [3.8, 4) is 5.69 Å². The first-order valence-electron chi connectivity index (χ1n) is 11.0. The molecule has 0 unspecified atom stereocenters. The van der Waals surface area contributed by atoms with Crippen molar-refractivity contribution in [2.45, 2.75) is 37.8 Å². The SMILES string of the molecule is CCC(=O)Nc1ccc(C(=O)CSc2nnc(N3CCCCC3)n2-c2ccccc2)cc1. The van der Waals surface area contributed by atoms with Crippen molar-refractivity contribution < 1.29 is 9.59 Å². The topological polar surface area (TPSA) is 80.1 Å². The van der Waals surface area contributed by atoms with E-state index in [2.05, 4.69) is 20.4 Å². The zero-order valence-corrected chi connectivity index (χ0v) is 19.0. The largest absolute Gasteiger partial charge is 0.341 e. The van der Waals surface area contributed by atoms with Gasteiger partial charge in [-0.3, -0.25) is 14.2 Å². The Morgan fingerprint density at radius 1 is 0.969 bits per heavy atom. The molecule has 0 aliphatic carbocycles. The van der Waals surface area contributed by atoms with Crippen molar-refractivity contribution >= 4 is 35.1 Å². The van der Waals surface area contributed by atoms with E-state index < -0.39 is 0 Å². The molecule has 1 N–H and O–H groups in total. The summed E-state index contributed by atoms with van der Waals surface area (Å²) in [6.07, 6.45) is 3.96. The molecule has 2 heterocycles. The number of para-hydroxylation sites is 1. The molecule has 8 heteroatoms. The minimum atomic E-state index is -0.0515. The summed E-state index contributed by atoms with van der Waals surface area (Å²) in [6.45, 7) is 3.74. The number of Topliss-reactive ketones (excluding diaryl/α,β-unsaturated/α-hetero) is 1. The predicted molar refractivity (Wildman–Crippen MR) is 128 cm³/mol. The summed E-state index contributed by atoms with van der Waals surface area (Å²) >= 11 is 1.39. The minimum absolute atomic E-state index is 0.00509. The van der Waals surface area contributed by atoms with E-state index in [4.69, 9.17) is 0 Å². The first-order chi connectivity index (χ1) is 15.7. The molecule has 1 amide bonds. The van der Waals surface area contributed by atoms with Crippen molar-refractivity contribution in [1.29, 1.82) is 0 Å². The van der Waals surface area contributed by atoms with Gasteiger partial charge in [-0.2, -0.15) is 0 Å². The molecule has 0 atom stereocenters. The third kappa shape index (κ3) is 5.19. The van der Waals surface area contributed by atoms with Crippen LogP contribution < -0.4 is 10.2 Å². The van der Waals surface area contributed by atoms with Crippen molar-refractivity contribution in [2.75, 3.05) is 29.1 Å². The van der Waals surface area contributed by atoms with E-state index in [1.807, 2.05) is 34.9 Å². The highest BCUT2D eigenvalue weighted by Crippen LogP contribution is 2.28. The van der Waals surface area contributed by atoms with Crippen molar-refractivity contribution in [1.82, 2.24) is 14.8 Å². The molecule has 3 aromatic rings. The summed E-state index contributed by atoms with van der Waals surface area (Å²) in [4.78, 5) is 26.6. The third-order valence-corrected chi connectivity index (χ3v) is 6.34. The molecular formula is C24H27N5O2S. The number of hydrogen-bond acceptors (Lipinski definition) is 6. The van der Waals surface area contributed by atoms with Crippen LogP contribution in [0.2, 0.25) is 0 Å². The van der Waals surface area contributed by atoms with Crippen molar-refractivity contribution in [3.05, 3.63) is 60.2 Å². The quantitative estimate of drug-likeness (QED) is 0.400. The lowest BCUT2D eigenvalue weighted by atomic mass is 10.1. The van der Waals surface area contributed by atoms with Crippen LogP contribution in [0.25, 0.3) is 5.69 Å². The normalized spacial score (nSPS) is 13.7. The number of aromatic nitrogens is 3. The predicted octanol–water partition coefficient (Wildman–Crippen LogP) is 4.58. The van der Waals surface area contributed by atoms with E-state index in [0.717, 1.165) is 37.6 Å². The van der Waals surface area contributed by atoms with E-state index in [0.29, 0.717) is 22.8 Å². The van der Waals surface area contributed by atoms with Gasteiger partial charge < -0.3 is 10.2 Å². The molecule has 1 aliphatic rings. The fourth-order valence-corrected chi connectivity index (χ4v) is 4.50. The first kappa shape index (κ1) is 22.1. The molecule has 4 rings (SSSR count). The number of ketones is 1. The number of thioether (sulfide) groups is 1. The number of hydrogen-bond donors (Lipinski definition) is 1. The summed E-state index contributed by atoms with van der Waals surface area (Å²) in [7, 11) is 0. The number of nitrogens with zero attached hydrogens (tertiary/aromatic N) is 4. The third-order valence-electron chi connectivity index (χ3n) is 5.41. The zero-order valence-electron chi connectivity index (χ0n) is 18.2. The maximum atomic E-state index is 12.8. The maximum absolute atomic E-state index is 12.8. The van der Waals surface area contributed by atoms with Crippen LogP contribution in [-0.2, 0) is 4.79 Å². The van der Waals surface area contributed by atoms with Gasteiger partial charge in [0.15, 0.2) is 10.9 Å². The van der Waals surface area contributed by atoms with Crippen LogP contribution in [0, 0.1) is 0 Å². The van der Waals surface area contributed by atoms with Gasteiger partial charge in [0.25, 0.3) is 0 Å². The molecule has 0 radical (unpaired) electrons. The number of rotatable bonds is 8. The van der Waals surface area contributed by atoms with Gasteiger partial charge in [0.1, 0.15) is 0 Å². The highest BCUT2D eigenvalue weighted by atomic mass is 32.2. The number of carbonyl (C=O) groups is 2. The van der Waals surface area contributed by atoms with Gasteiger partial charge >= 0.3 is 0 Å². The summed E-state index contributed by atoms with van der Waals surface area (Å²) < 4.78 is 2.05. The van der Waals surface area contributed by atoms with Gasteiger partial charge in [0.05, 0.1) is 11.4 Å². The van der Waals surface area contributed by atoms with E-state index in [1.54, 1.807) is 31.2 Å². The van der Waals surface area contributed by atoms with Crippen LogP contribution in [0.1, 0.15) is 43.0 Å². The van der Waals surface area contributed by atoms with Crippen LogP contribution in [0.5, 0.6) is 0 Å². The summed E-state index contributed by atoms with van der Waals surface area (Å²) in [6, 6.07) is 17.0. The Morgan fingerprint density at radius 3 is 2.38 bits per heavy atom. The second-order valence-electron chi connectivity index (χ2n) is 7.69. The van der Waals surface area contributed by atoms with Gasteiger partial charge in [-0.05, 0) is 55.7 Å². The zero-order chi connectivity index (χ0) is 22.3. The number of benzene rings is 2. The molecule has 0 bridgehead atoms. The Morgan fingerprint density at radius 2 is 1.69 bits per heavy atom. The second kappa shape index (κ2) is 10.5. The highest BCUT2D eigenvalue weighted by Gasteiger charge is 2.22. The van der Waals surface area contributed by atoms with Crippen LogP contribution >= 0.6 is 11.8 Å². The molecule has 32 heavy (non-hydrogen) atoms. The first-order valence-corrected chi connectivity index (χ1v) is 12.0. The smallest absolute Gasteiger partial charge is 0.232 e. The molecular weight excluding hydrogens is 422 g/mol. The number of carbonyl (C=O) groups excluding carboxylic acids is 2. The molecule has 1 fully saturated rings. The monoisotopic (exact) mass is 449 g/mol.